The van der Waals surface area contributed by atoms with Crippen LogP contribution < -0.4 is 15.2 Å². The number of ether oxygens (including phenoxy) is 2. The summed E-state index contributed by atoms with van der Waals surface area (Å²) in [6.45, 7) is 2.00. The van der Waals surface area contributed by atoms with E-state index in [2.05, 4.69) is 18.4 Å². The van der Waals surface area contributed by atoms with E-state index in [1.165, 1.54) is 42.6 Å². The van der Waals surface area contributed by atoms with Gasteiger partial charge in [0.1, 0.15) is 13.2 Å². The zero-order valence-electron chi connectivity index (χ0n) is 12.1. The second kappa shape index (κ2) is 5.86. The number of benzene rings is 1. The van der Waals surface area contributed by atoms with E-state index < -0.39 is 0 Å². The summed E-state index contributed by atoms with van der Waals surface area (Å²) in [4.78, 5) is 1.29. The average Bonchev–Trinajstić information content (AvgIpc) is 2.54. The van der Waals surface area contributed by atoms with Gasteiger partial charge in [0.05, 0.1) is 0 Å². The monoisotopic (exact) mass is 293 g/mol. The van der Waals surface area contributed by atoms with Crippen molar-refractivity contribution in [1.82, 2.24) is 0 Å². The molecule has 0 amide bonds. The summed E-state index contributed by atoms with van der Waals surface area (Å²) < 4.78 is 11.5. The fourth-order valence-electron chi connectivity index (χ4n) is 3.47. The predicted octanol–water partition coefficient (Wildman–Crippen LogP) is 3.34. The molecule has 20 heavy (non-hydrogen) atoms. The molecule has 2 aliphatic rings. The Morgan fingerprint density at radius 3 is 2.35 bits per heavy atom. The third-order valence-corrected chi connectivity index (χ3v) is 5.41. The summed E-state index contributed by atoms with van der Waals surface area (Å²) in [6.07, 6.45) is 8.40. The molecule has 3 nitrogen and oxygen atoms in total. The first-order valence-corrected chi connectivity index (χ1v) is 8.70. The molecule has 0 spiro atoms. The van der Waals surface area contributed by atoms with Crippen molar-refractivity contribution in [3.05, 3.63) is 17.7 Å². The maximum absolute atomic E-state index is 6.19. The van der Waals surface area contributed by atoms with Crippen LogP contribution in [0, 0.1) is 0 Å². The van der Waals surface area contributed by atoms with E-state index in [-0.39, 0.29) is 5.41 Å². The summed E-state index contributed by atoms with van der Waals surface area (Å²) in [5.74, 6) is 1.77. The highest BCUT2D eigenvalue weighted by Gasteiger charge is 2.35. The molecule has 1 aromatic rings. The number of nitrogens with two attached hydrogens (primary N) is 1. The molecule has 1 saturated carbocycles. The van der Waals surface area contributed by atoms with Crippen LogP contribution in [0.25, 0.3) is 0 Å². The van der Waals surface area contributed by atoms with E-state index >= 15 is 0 Å². The Morgan fingerprint density at radius 1 is 1.10 bits per heavy atom. The van der Waals surface area contributed by atoms with Crippen LogP contribution in [0.5, 0.6) is 11.5 Å². The summed E-state index contributed by atoms with van der Waals surface area (Å²) in [6, 6.07) is 4.33. The Labute approximate surface area is 125 Å². The Morgan fingerprint density at radius 2 is 1.75 bits per heavy atom. The van der Waals surface area contributed by atoms with Crippen molar-refractivity contribution in [2.45, 2.75) is 42.4 Å². The number of hydrogen-bond donors (Lipinski definition) is 1. The minimum atomic E-state index is 0.131. The third-order valence-electron chi connectivity index (χ3n) is 4.64. The first-order chi connectivity index (χ1) is 9.79. The van der Waals surface area contributed by atoms with Gasteiger partial charge in [0.15, 0.2) is 11.5 Å². The van der Waals surface area contributed by atoms with Gasteiger partial charge < -0.3 is 15.2 Å². The van der Waals surface area contributed by atoms with E-state index in [9.17, 15) is 0 Å². The van der Waals surface area contributed by atoms with Crippen molar-refractivity contribution in [2.24, 2.45) is 5.73 Å². The van der Waals surface area contributed by atoms with Crippen LogP contribution >= 0.6 is 11.8 Å². The molecule has 0 atom stereocenters. The number of hydrogen-bond acceptors (Lipinski definition) is 4. The maximum Gasteiger partial charge on any atom is 0.162 e. The molecule has 0 unspecified atom stereocenters. The topological polar surface area (TPSA) is 44.5 Å². The average molecular weight is 293 g/mol. The van der Waals surface area contributed by atoms with Crippen LogP contribution in [0.2, 0.25) is 0 Å². The molecular weight excluding hydrogens is 270 g/mol. The second-order valence-corrected chi connectivity index (χ2v) is 6.59. The van der Waals surface area contributed by atoms with Crippen molar-refractivity contribution < 1.29 is 9.47 Å². The Kier molecular flexibility index (Phi) is 4.13. The molecule has 1 aromatic carbocycles. The Balaban J connectivity index is 2.06. The van der Waals surface area contributed by atoms with Crippen molar-refractivity contribution in [3.8, 4) is 11.5 Å². The predicted molar refractivity (Wildman–Crippen MR) is 83.0 cm³/mol. The second-order valence-electron chi connectivity index (χ2n) is 5.74. The molecule has 0 aromatic heterocycles. The van der Waals surface area contributed by atoms with Gasteiger partial charge in [-0.2, -0.15) is 0 Å². The molecule has 1 aliphatic carbocycles. The number of thioether (sulfide) groups is 1. The van der Waals surface area contributed by atoms with Gasteiger partial charge in [-0.05, 0) is 36.8 Å². The van der Waals surface area contributed by atoms with Gasteiger partial charge in [-0.25, -0.2) is 0 Å². The summed E-state index contributed by atoms with van der Waals surface area (Å²) >= 11 is 1.78. The maximum atomic E-state index is 6.19. The van der Waals surface area contributed by atoms with Gasteiger partial charge >= 0.3 is 0 Å². The van der Waals surface area contributed by atoms with Crippen LogP contribution in [0.3, 0.4) is 0 Å². The van der Waals surface area contributed by atoms with E-state index in [1.54, 1.807) is 11.8 Å². The van der Waals surface area contributed by atoms with Crippen molar-refractivity contribution in [3.63, 3.8) is 0 Å². The van der Waals surface area contributed by atoms with Crippen molar-refractivity contribution in [2.75, 3.05) is 26.0 Å². The third kappa shape index (κ3) is 2.40. The van der Waals surface area contributed by atoms with E-state index in [1.807, 2.05) is 0 Å². The summed E-state index contributed by atoms with van der Waals surface area (Å²) in [5.41, 5.74) is 7.69. The zero-order valence-corrected chi connectivity index (χ0v) is 12.9. The molecule has 1 heterocycles. The molecule has 0 radical (unpaired) electrons. The lowest BCUT2D eigenvalue weighted by Gasteiger charge is -2.38. The van der Waals surface area contributed by atoms with Gasteiger partial charge in [0.25, 0.3) is 0 Å². The largest absolute Gasteiger partial charge is 0.486 e. The van der Waals surface area contributed by atoms with Gasteiger partial charge in [-0.1, -0.05) is 19.3 Å². The fraction of sp³-hybridized carbons (Fsp3) is 0.625. The molecule has 3 rings (SSSR count). The van der Waals surface area contributed by atoms with Crippen LogP contribution in [0.15, 0.2) is 17.0 Å². The smallest absolute Gasteiger partial charge is 0.162 e. The quantitative estimate of drug-likeness (QED) is 0.868. The van der Waals surface area contributed by atoms with Crippen molar-refractivity contribution in [1.29, 1.82) is 0 Å². The minimum Gasteiger partial charge on any atom is -0.486 e. The standard InChI is InChI=1S/C16H23NO2S/c1-20-15-10-14-13(18-7-8-19-14)9-12(15)16(11-17)5-3-2-4-6-16/h9-10H,2-8,11,17H2,1H3. The first-order valence-electron chi connectivity index (χ1n) is 7.47. The molecule has 1 fully saturated rings. The normalized spacial score (nSPS) is 20.7. The molecule has 0 saturated heterocycles. The SMILES string of the molecule is CSc1cc2c(cc1C1(CN)CCCCC1)OCCO2. The first kappa shape index (κ1) is 14.1. The highest BCUT2D eigenvalue weighted by atomic mass is 32.2. The lowest BCUT2D eigenvalue weighted by molar-refractivity contribution is 0.170. The Bertz CT molecular complexity index is 484. The Hall–Kier alpha value is -0.870. The van der Waals surface area contributed by atoms with Crippen LogP contribution in [-0.2, 0) is 5.41 Å². The van der Waals surface area contributed by atoms with E-state index in [0.29, 0.717) is 13.2 Å². The van der Waals surface area contributed by atoms with Gasteiger partial charge in [0.2, 0.25) is 0 Å². The minimum absolute atomic E-state index is 0.131. The van der Waals surface area contributed by atoms with Gasteiger partial charge in [-0.15, -0.1) is 11.8 Å². The molecule has 1 aliphatic heterocycles. The highest BCUT2D eigenvalue weighted by molar-refractivity contribution is 7.98. The molecule has 2 N–H and O–H groups in total. The number of rotatable bonds is 3. The van der Waals surface area contributed by atoms with Crippen LogP contribution in [0.4, 0.5) is 0 Å². The van der Waals surface area contributed by atoms with Gasteiger partial charge in [-0.3, -0.25) is 0 Å². The van der Waals surface area contributed by atoms with E-state index in [0.717, 1.165) is 18.0 Å². The lowest BCUT2D eigenvalue weighted by atomic mass is 9.69. The van der Waals surface area contributed by atoms with Crippen molar-refractivity contribution >= 4 is 11.8 Å². The molecule has 110 valence electrons. The molecular formula is C16H23NO2S. The number of fused-ring (bicyclic) bond motifs is 1. The zero-order chi connectivity index (χ0) is 14.0. The summed E-state index contributed by atoms with van der Waals surface area (Å²) in [7, 11) is 0. The molecule has 0 bridgehead atoms. The highest BCUT2D eigenvalue weighted by Crippen LogP contribution is 2.46. The lowest BCUT2D eigenvalue weighted by Crippen LogP contribution is -2.37. The van der Waals surface area contributed by atoms with Gasteiger partial charge in [0, 0.05) is 16.9 Å². The van der Waals surface area contributed by atoms with E-state index in [4.69, 9.17) is 15.2 Å². The summed E-state index contributed by atoms with van der Waals surface area (Å²) in [5, 5.41) is 0. The van der Waals surface area contributed by atoms with Crippen LogP contribution in [0.1, 0.15) is 37.7 Å². The molecule has 4 heteroatoms. The van der Waals surface area contributed by atoms with Crippen LogP contribution in [-0.4, -0.2) is 26.0 Å². The fourth-order valence-corrected chi connectivity index (χ4v) is 4.19.